The first kappa shape index (κ1) is 98.4. The van der Waals surface area contributed by atoms with Crippen LogP contribution in [0.3, 0.4) is 0 Å². The zero-order valence-corrected chi connectivity index (χ0v) is 62.9. The number of nitro groups is 4. The van der Waals surface area contributed by atoms with Crippen LogP contribution in [0.25, 0.3) is 0 Å². The van der Waals surface area contributed by atoms with Crippen LogP contribution < -0.4 is 87.3 Å². The molecular formula is C64H90BrCl2N6NaO24. The van der Waals surface area contributed by atoms with Crippen molar-refractivity contribution < 1.29 is 127 Å². The molecule has 4 N–H and O–H groups in total. The number of esters is 2. The van der Waals surface area contributed by atoms with Crippen LogP contribution in [0.15, 0.2) is 121 Å². The van der Waals surface area contributed by atoms with Crippen LogP contribution in [0.4, 0.5) is 22.7 Å². The van der Waals surface area contributed by atoms with Gasteiger partial charge < -0.3 is 78.0 Å². The van der Waals surface area contributed by atoms with E-state index in [0.29, 0.717) is 42.2 Å². The molecule has 30 nitrogen and oxygen atoms in total. The molecule has 0 saturated heterocycles. The van der Waals surface area contributed by atoms with E-state index in [1.165, 1.54) is 84.8 Å². The molecule has 0 aromatic heterocycles. The number of aliphatic hydroxyl groups excluding tert-OH is 1. The minimum atomic E-state index is -0.613. The second kappa shape index (κ2) is 63.5. The van der Waals surface area contributed by atoms with Crippen molar-refractivity contribution in [3.63, 3.8) is 0 Å². The zero-order valence-electron chi connectivity index (χ0n) is 57.8. The fourth-order valence-electron chi connectivity index (χ4n) is 6.30. The minimum absolute atomic E-state index is 0. The third kappa shape index (κ3) is 48.5. The summed E-state index contributed by atoms with van der Waals surface area (Å²) in [5.41, 5.74) is -0.679. The average Bonchev–Trinajstić information content (AvgIpc) is 0.894. The van der Waals surface area contributed by atoms with E-state index in [2.05, 4.69) is 53.8 Å². The van der Waals surface area contributed by atoms with Gasteiger partial charge in [-0.1, -0.05) is 50.5 Å². The van der Waals surface area contributed by atoms with Gasteiger partial charge in [-0.25, -0.2) is 0 Å². The zero-order chi connectivity index (χ0) is 74.7. The molecule has 0 atom stereocenters. The van der Waals surface area contributed by atoms with E-state index in [4.69, 9.17) is 91.0 Å². The first-order valence-electron chi connectivity index (χ1n) is 29.1. The van der Waals surface area contributed by atoms with Crippen molar-refractivity contribution in [1.82, 2.24) is 10.2 Å². The van der Waals surface area contributed by atoms with Crippen LogP contribution in [0.2, 0.25) is 0 Å². The van der Waals surface area contributed by atoms with Crippen molar-refractivity contribution in [2.24, 2.45) is 0 Å². The third-order valence-electron chi connectivity index (χ3n) is 10.5. The number of nitrogens with zero attached hydrogens (tertiary/aromatic N) is 5. The molecule has 0 aliphatic rings. The quantitative estimate of drug-likeness (QED) is 0.0110. The summed E-state index contributed by atoms with van der Waals surface area (Å²) in [6, 6.07) is 30.0. The molecule has 0 aliphatic heterocycles. The number of phenols is 2. The number of hydrogen-bond acceptors (Lipinski definition) is 26. The van der Waals surface area contributed by atoms with Crippen LogP contribution in [0.1, 0.15) is 55.4 Å². The maximum absolute atomic E-state index is 10.9. The maximum atomic E-state index is 10.9. The van der Waals surface area contributed by atoms with Crippen molar-refractivity contribution in [2.75, 3.05) is 119 Å². The molecule has 0 bridgehead atoms. The maximum Gasteiger partial charge on any atom is 1.00 e. The summed E-state index contributed by atoms with van der Waals surface area (Å²) in [5, 5.41) is 80.7. The van der Waals surface area contributed by atoms with Crippen molar-refractivity contribution in [3.05, 3.63) is 162 Å². The smallest absolute Gasteiger partial charge is 0.855 e. The Labute approximate surface area is 611 Å². The molecule has 34 heteroatoms. The number of alkyl halides is 3. The van der Waals surface area contributed by atoms with Crippen molar-refractivity contribution in [1.29, 1.82) is 0 Å². The van der Waals surface area contributed by atoms with E-state index >= 15 is 0 Å². The van der Waals surface area contributed by atoms with Crippen molar-refractivity contribution in [2.45, 2.75) is 55.4 Å². The van der Waals surface area contributed by atoms with Crippen LogP contribution >= 0.6 is 39.1 Å². The predicted molar refractivity (Wildman–Crippen MR) is 372 cm³/mol. The van der Waals surface area contributed by atoms with Crippen LogP contribution in [-0.2, 0) is 9.59 Å². The number of hydrogen-bond donors (Lipinski definition) is 4. The number of nitro benzene ring substituents is 4. The van der Waals surface area contributed by atoms with Gasteiger partial charge in [-0.05, 0) is 130 Å². The third-order valence-corrected chi connectivity index (χ3v) is 11.7. The molecular weight excluding hydrogens is 1410 g/mol. The van der Waals surface area contributed by atoms with Crippen LogP contribution in [-0.4, -0.2) is 171 Å². The molecule has 542 valence electrons. The Morgan fingerprint density at radius 1 is 0.480 bits per heavy atom. The van der Waals surface area contributed by atoms with E-state index < -0.39 is 25.7 Å². The number of ether oxygens (including phenoxy) is 10. The van der Waals surface area contributed by atoms with Gasteiger partial charge in [0.2, 0.25) is 0 Å². The number of halogens is 3. The number of methoxy groups -OCH3 is 6. The molecule has 98 heavy (non-hydrogen) atoms. The number of phenolic OH excluding ortho intramolecular Hbond substituents is 2. The topological polar surface area (TPSA) is 398 Å². The number of nitrogens with one attached hydrogen (secondary N) is 1. The molecule has 0 heterocycles. The van der Waals surface area contributed by atoms with Gasteiger partial charge in [0.25, 0.3) is 0 Å². The van der Waals surface area contributed by atoms with Crippen LogP contribution in [0, 0.1) is 40.5 Å². The van der Waals surface area contributed by atoms with E-state index in [1.807, 2.05) is 0 Å². The fourth-order valence-corrected chi connectivity index (χ4v) is 6.38. The molecule has 6 aromatic rings. The first-order valence-corrected chi connectivity index (χ1v) is 31.3. The SMILES string of the molecule is CCN(CC)CCOc1ccc(OC)c([N+](=O)[O-])c1.CCNCC.CCO.CC[O-].COc1ccc(O)cc1.COc1ccc(O)cc1[N+](=O)[O-].COc1ccc(OC(C)=O)cc1.COc1ccc(OC(C)=O)cc1[N+](=O)[O-].COc1ccc(OCCCl)cc1[N+](=O)[O-].ClCCBr.[Na+]. The second-order valence-corrected chi connectivity index (χ2v) is 18.8. The Bertz CT molecular complexity index is 3100. The van der Waals surface area contributed by atoms with Gasteiger partial charge >= 0.3 is 64.2 Å². The second-order valence-electron chi connectivity index (χ2n) is 17.3. The molecule has 0 amide bonds. The monoisotopic (exact) mass is 1500 g/mol. The Morgan fingerprint density at radius 2 is 0.765 bits per heavy atom. The number of aliphatic hydroxyl groups is 1. The van der Waals surface area contributed by atoms with Gasteiger partial charge in [-0.2, -0.15) is 0 Å². The predicted octanol–water partition coefficient (Wildman–Crippen LogP) is 9.01. The first-order chi connectivity index (χ1) is 46.2. The molecule has 0 fully saturated rings. The van der Waals surface area contributed by atoms with E-state index in [9.17, 15) is 50.0 Å². The normalized spacial score (nSPS) is 9.18. The van der Waals surface area contributed by atoms with E-state index in [-0.39, 0.29) is 112 Å². The molecule has 0 unspecified atom stereocenters. The number of carbonyl (C=O) groups is 2. The van der Waals surface area contributed by atoms with Crippen molar-refractivity contribution in [3.8, 4) is 69.0 Å². The standard InChI is InChI=1S/C13H20N2O4.C9H10ClNO4.C9H9NO5.C9H10O3.C7H7NO4.C7H8O2.C4H11N.C2H4BrCl.C2H6O.C2H5O.Na/c1-4-14(5-2)8-9-19-11-6-7-13(18-3)12(10-11)15(16)17;1-14-9-3-2-7(15-5-4-10)6-8(9)11(12)13;1-6(11)15-7-3-4-9(14-2)8(5-7)10(12)13;1-7(10)12-9-5-3-8(11-2)4-6-9;1-12-7-3-2-5(9)4-6(7)8(10)11;1-9-7-4-2-6(8)3-5-7;1-3-5-4-2;3-1-2-4;2*1-2-3;/h6-7,10H,4-5,8-9H2,1-3H3;2-3,6H,4-5H2,1H3;3-5H,1-2H3;3-6H,1-2H3;2-4,9H,1H3;2-5,8H,1H3;5H,3-4H2,1-2H3;1-2H2;3H,2H2,1H3;2H2,1H3;/q;;;;;;;;;-1;+1. The summed E-state index contributed by atoms with van der Waals surface area (Å²) in [5.74, 6) is 4.04. The summed E-state index contributed by atoms with van der Waals surface area (Å²) >= 11 is 13.7. The number of likely N-dealkylation sites (N-methyl/N-ethyl adjacent to an activating group) is 1. The minimum Gasteiger partial charge on any atom is -0.855 e. The van der Waals surface area contributed by atoms with E-state index in [1.54, 1.807) is 94.8 Å². The van der Waals surface area contributed by atoms with Gasteiger partial charge in [0.05, 0.1) is 92.5 Å². The largest absolute Gasteiger partial charge is 1.00 e. The molecule has 0 saturated carbocycles. The van der Waals surface area contributed by atoms with Gasteiger partial charge in [0.1, 0.15) is 59.2 Å². The Morgan fingerprint density at radius 3 is 1.06 bits per heavy atom. The van der Waals surface area contributed by atoms with Gasteiger partial charge in [0.15, 0.2) is 23.0 Å². The van der Waals surface area contributed by atoms with Crippen molar-refractivity contribution >= 4 is 73.8 Å². The number of rotatable bonds is 24. The van der Waals surface area contributed by atoms with E-state index in [0.717, 1.165) is 61.7 Å². The number of aromatic hydroxyl groups is 2. The Hall–Kier alpha value is -8.24. The summed E-state index contributed by atoms with van der Waals surface area (Å²) in [4.78, 5) is 63.6. The Balaban J connectivity index is -0.000000341. The fraction of sp³-hybridized carbons (Fsp3) is 0.406. The molecule has 6 aromatic carbocycles. The van der Waals surface area contributed by atoms with Gasteiger partial charge in [0, 0.05) is 38.2 Å². The Kier molecular flexibility index (Phi) is 63.8. The average molecular weight is 1500 g/mol. The summed E-state index contributed by atoms with van der Waals surface area (Å²) in [6.07, 6.45) is 0. The number of carbonyl (C=O) groups excluding carboxylic acids is 2. The summed E-state index contributed by atoms with van der Waals surface area (Å²) < 4.78 is 49.3. The molecule has 0 radical (unpaired) electrons. The molecule has 0 spiro atoms. The number of benzene rings is 6. The molecule has 0 aliphatic carbocycles. The summed E-state index contributed by atoms with van der Waals surface area (Å²) in [7, 11) is 8.62. The summed E-state index contributed by atoms with van der Waals surface area (Å²) in [6.45, 7) is 20.2. The van der Waals surface area contributed by atoms with Crippen LogP contribution in [0.5, 0.6) is 69.0 Å². The van der Waals surface area contributed by atoms with Gasteiger partial charge in [-0.15, -0.1) is 29.8 Å². The molecule has 6 rings (SSSR count). The van der Waals surface area contributed by atoms with Gasteiger partial charge in [-0.3, -0.25) is 50.0 Å².